The van der Waals surface area contributed by atoms with Gasteiger partial charge < -0.3 is 19.7 Å². The monoisotopic (exact) mass is 701 g/mol. The first kappa shape index (κ1) is 47.6. The molecule has 0 saturated carbocycles. The number of hydrogen-bond acceptors (Lipinski definition) is 6. The Hall–Kier alpha value is -2.44. The zero-order valence-corrected chi connectivity index (χ0v) is 32.4. The fourth-order valence-corrected chi connectivity index (χ4v) is 5.44. The van der Waals surface area contributed by atoms with E-state index in [1.54, 1.807) is 6.08 Å². The van der Waals surface area contributed by atoms with E-state index in [0.29, 0.717) is 19.3 Å². The molecule has 0 heterocycles. The molecule has 6 nitrogen and oxygen atoms in total. The van der Waals surface area contributed by atoms with Gasteiger partial charge in [-0.1, -0.05) is 178 Å². The van der Waals surface area contributed by atoms with Crippen molar-refractivity contribution in [1.82, 2.24) is 0 Å². The van der Waals surface area contributed by atoms with Crippen molar-refractivity contribution in [1.29, 1.82) is 0 Å². The van der Waals surface area contributed by atoms with Gasteiger partial charge in [0, 0.05) is 12.8 Å². The van der Waals surface area contributed by atoms with E-state index in [4.69, 9.17) is 9.47 Å². The van der Waals surface area contributed by atoms with Crippen LogP contribution in [0.3, 0.4) is 0 Å². The number of allylic oxidation sites excluding steroid dienone is 9. The third kappa shape index (κ3) is 36.8. The highest BCUT2D eigenvalue weighted by molar-refractivity contribution is 5.69. The Kier molecular flexibility index (Phi) is 36.0. The Bertz CT molecular complexity index is 917. The molecular formula is C44H76O6. The number of aliphatic hydroxyl groups is 2. The summed E-state index contributed by atoms with van der Waals surface area (Å²) >= 11 is 0. The molecule has 0 fully saturated rings. The number of rotatable bonds is 35. The van der Waals surface area contributed by atoms with Gasteiger partial charge in [-0.25, -0.2) is 0 Å². The summed E-state index contributed by atoms with van der Waals surface area (Å²) in [7, 11) is 0. The average molecular weight is 701 g/mol. The Balaban J connectivity index is 3.61. The molecule has 0 amide bonds. The van der Waals surface area contributed by atoms with Gasteiger partial charge in [0.25, 0.3) is 0 Å². The first-order valence-electron chi connectivity index (χ1n) is 20.3. The maximum atomic E-state index is 12.0. The molecule has 0 bridgehead atoms. The standard InChI is InChI=1S/C44H76O6/c1-4-6-7-8-9-10-11-14-18-21-24-27-30-34-41(45)35-32-37-44(48)50-39-42(46)38-49-43(47)36-31-28-25-22-19-16-13-12-15-17-20-23-26-29-33-40(3)5-2/h6-7,9-10,14,18,24,27,30,34,40-42,45-46H,4-5,8,11-13,15-17,19-23,25-26,28-29,31-33,35-39H2,1-3H3/b7-6-,10-9-,18-14-,27-24-,34-30+/t40?,41?,42-/m1/s1. The lowest BCUT2D eigenvalue weighted by atomic mass is 9.99. The van der Waals surface area contributed by atoms with E-state index in [1.807, 2.05) is 18.2 Å². The molecule has 0 aliphatic heterocycles. The van der Waals surface area contributed by atoms with E-state index >= 15 is 0 Å². The number of carbonyl (C=O) groups excluding carboxylic acids is 2. The van der Waals surface area contributed by atoms with Crippen molar-refractivity contribution in [3.63, 3.8) is 0 Å². The minimum Gasteiger partial charge on any atom is -0.463 e. The summed E-state index contributed by atoms with van der Waals surface area (Å²) in [6, 6.07) is 0. The highest BCUT2D eigenvalue weighted by atomic mass is 16.6. The normalized spacial score (nSPS) is 14.1. The van der Waals surface area contributed by atoms with E-state index in [1.165, 1.54) is 83.5 Å². The number of esters is 2. The molecule has 0 rings (SSSR count). The van der Waals surface area contributed by atoms with Gasteiger partial charge in [0.2, 0.25) is 0 Å². The van der Waals surface area contributed by atoms with Gasteiger partial charge in [-0.3, -0.25) is 9.59 Å². The van der Waals surface area contributed by atoms with Crippen LogP contribution in [0.2, 0.25) is 0 Å². The lowest BCUT2D eigenvalue weighted by Crippen LogP contribution is -2.25. The quantitative estimate of drug-likeness (QED) is 0.0296. The van der Waals surface area contributed by atoms with Gasteiger partial charge in [-0.05, 0) is 50.9 Å². The lowest BCUT2D eigenvalue weighted by Gasteiger charge is -2.12. The summed E-state index contributed by atoms with van der Waals surface area (Å²) in [5, 5.41) is 20.1. The van der Waals surface area contributed by atoms with E-state index in [0.717, 1.165) is 50.9 Å². The predicted octanol–water partition coefficient (Wildman–Crippen LogP) is 11.6. The molecule has 2 unspecified atom stereocenters. The highest BCUT2D eigenvalue weighted by Crippen LogP contribution is 2.16. The molecule has 0 aromatic heterocycles. The van der Waals surface area contributed by atoms with E-state index in [-0.39, 0.29) is 25.6 Å². The molecule has 6 heteroatoms. The molecule has 0 spiro atoms. The van der Waals surface area contributed by atoms with Crippen LogP contribution in [-0.4, -0.2) is 47.6 Å². The van der Waals surface area contributed by atoms with Gasteiger partial charge in [0.15, 0.2) is 0 Å². The minimum absolute atomic E-state index is 0.153. The Morgan fingerprint density at radius 1 is 0.540 bits per heavy atom. The molecule has 0 aliphatic carbocycles. The van der Waals surface area contributed by atoms with Crippen LogP contribution in [0, 0.1) is 5.92 Å². The second kappa shape index (κ2) is 37.8. The number of unbranched alkanes of at least 4 members (excludes halogenated alkanes) is 13. The van der Waals surface area contributed by atoms with Crippen molar-refractivity contribution in [2.24, 2.45) is 5.92 Å². The van der Waals surface area contributed by atoms with Crippen LogP contribution in [0.4, 0.5) is 0 Å². The Labute approximate surface area is 307 Å². The van der Waals surface area contributed by atoms with Gasteiger partial charge in [-0.15, -0.1) is 0 Å². The number of carbonyl (C=O) groups is 2. The molecule has 0 aromatic carbocycles. The number of ether oxygens (including phenoxy) is 2. The topological polar surface area (TPSA) is 93.1 Å². The second-order valence-corrected chi connectivity index (χ2v) is 13.8. The summed E-state index contributed by atoms with van der Waals surface area (Å²) in [5.74, 6) is 0.131. The number of hydrogen-bond donors (Lipinski definition) is 2. The van der Waals surface area contributed by atoms with Crippen LogP contribution in [0.5, 0.6) is 0 Å². The maximum Gasteiger partial charge on any atom is 0.305 e. The minimum atomic E-state index is -1.04. The summed E-state index contributed by atoms with van der Waals surface area (Å²) in [4.78, 5) is 24.0. The van der Waals surface area contributed by atoms with Crippen molar-refractivity contribution in [2.45, 2.75) is 187 Å². The van der Waals surface area contributed by atoms with Crippen LogP contribution < -0.4 is 0 Å². The zero-order chi connectivity index (χ0) is 36.8. The molecule has 288 valence electrons. The summed E-state index contributed by atoms with van der Waals surface area (Å²) in [6.45, 7) is 6.40. The summed E-state index contributed by atoms with van der Waals surface area (Å²) in [5.41, 5.74) is 0. The SMILES string of the molecule is CC/C=C\C/C=C\C/C=C\C/C=C\C=C\C(O)CCCC(=O)OC[C@H](O)COC(=O)CCCCCCCCCCCCCCCCC(C)CC. The van der Waals surface area contributed by atoms with Gasteiger partial charge in [0.1, 0.15) is 19.3 Å². The maximum absolute atomic E-state index is 12.0. The Morgan fingerprint density at radius 3 is 1.48 bits per heavy atom. The average Bonchev–Trinajstić information content (AvgIpc) is 3.11. The molecule has 0 aromatic rings. The molecule has 3 atom stereocenters. The van der Waals surface area contributed by atoms with E-state index in [2.05, 4.69) is 57.2 Å². The molecular weight excluding hydrogens is 624 g/mol. The smallest absolute Gasteiger partial charge is 0.305 e. The summed E-state index contributed by atoms with van der Waals surface area (Å²) in [6.07, 6.45) is 44.5. The van der Waals surface area contributed by atoms with Crippen molar-refractivity contribution in [2.75, 3.05) is 13.2 Å². The molecule has 2 N–H and O–H groups in total. The van der Waals surface area contributed by atoms with E-state index in [9.17, 15) is 19.8 Å². The molecule has 50 heavy (non-hydrogen) atoms. The third-order valence-electron chi connectivity index (χ3n) is 8.91. The molecule has 0 radical (unpaired) electrons. The fraction of sp³-hybridized carbons (Fsp3) is 0.727. The first-order chi connectivity index (χ1) is 24.4. The number of aliphatic hydroxyl groups excluding tert-OH is 2. The predicted molar refractivity (Wildman–Crippen MR) is 211 cm³/mol. The third-order valence-corrected chi connectivity index (χ3v) is 8.91. The fourth-order valence-electron chi connectivity index (χ4n) is 5.44. The van der Waals surface area contributed by atoms with Crippen molar-refractivity contribution >= 4 is 11.9 Å². The van der Waals surface area contributed by atoms with Crippen molar-refractivity contribution in [3.05, 3.63) is 60.8 Å². The van der Waals surface area contributed by atoms with Crippen LogP contribution >= 0.6 is 0 Å². The van der Waals surface area contributed by atoms with Gasteiger partial charge in [0.05, 0.1) is 6.10 Å². The largest absolute Gasteiger partial charge is 0.463 e. The van der Waals surface area contributed by atoms with Gasteiger partial charge >= 0.3 is 11.9 Å². The summed E-state index contributed by atoms with van der Waals surface area (Å²) < 4.78 is 10.2. The zero-order valence-electron chi connectivity index (χ0n) is 32.4. The molecule has 0 saturated heterocycles. The van der Waals surface area contributed by atoms with Crippen LogP contribution in [0.25, 0.3) is 0 Å². The lowest BCUT2D eigenvalue weighted by molar-refractivity contribution is -0.152. The first-order valence-corrected chi connectivity index (χ1v) is 20.3. The van der Waals surface area contributed by atoms with Crippen LogP contribution in [0.15, 0.2) is 60.8 Å². The van der Waals surface area contributed by atoms with Crippen LogP contribution in [0.1, 0.15) is 175 Å². The van der Waals surface area contributed by atoms with Crippen LogP contribution in [-0.2, 0) is 19.1 Å². The molecule has 0 aliphatic rings. The van der Waals surface area contributed by atoms with E-state index < -0.39 is 18.2 Å². The Morgan fingerprint density at radius 2 is 0.980 bits per heavy atom. The second-order valence-electron chi connectivity index (χ2n) is 13.8. The van der Waals surface area contributed by atoms with Crippen molar-refractivity contribution < 1.29 is 29.3 Å². The van der Waals surface area contributed by atoms with Crippen molar-refractivity contribution in [3.8, 4) is 0 Å². The highest BCUT2D eigenvalue weighted by Gasteiger charge is 2.12. The van der Waals surface area contributed by atoms with Gasteiger partial charge in [-0.2, -0.15) is 0 Å².